The van der Waals surface area contributed by atoms with Crippen molar-refractivity contribution in [2.24, 2.45) is 0 Å². The summed E-state index contributed by atoms with van der Waals surface area (Å²) >= 11 is 1.36. The largest absolute Gasteiger partial charge is 0.481 e. The van der Waals surface area contributed by atoms with Crippen molar-refractivity contribution >= 4 is 28.3 Å². The minimum atomic E-state index is -0.882. The molecule has 0 atom stereocenters. The maximum absolute atomic E-state index is 11.3. The summed E-state index contributed by atoms with van der Waals surface area (Å²) in [7, 11) is 0. The van der Waals surface area contributed by atoms with Crippen molar-refractivity contribution in [3.63, 3.8) is 0 Å². The number of hydrogen-bond donors (Lipinski definition) is 2. The molecular formula is C9H12N2O3S. The third-order valence-electron chi connectivity index (χ3n) is 1.66. The van der Waals surface area contributed by atoms with Gasteiger partial charge in [0.2, 0.25) is 5.91 Å². The first-order chi connectivity index (χ1) is 7.08. The lowest BCUT2D eigenvalue weighted by Gasteiger charge is -1.99. The van der Waals surface area contributed by atoms with E-state index < -0.39 is 5.97 Å². The summed E-state index contributed by atoms with van der Waals surface area (Å²) in [5.41, 5.74) is 0.862. The monoisotopic (exact) mass is 228 g/mol. The van der Waals surface area contributed by atoms with Gasteiger partial charge in [-0.2, -0.15) is 0 Å². The van der Waals surface area contributed by atoms with Gasteiger partial charge in [-0.15, -0.1) is 11.3 Å². The van der Waals surface area contributed by atoms with Crippen LogP contribution in [0.2, 0.25) is 0 Å². The molecule has 15 heavy (non-hydrogen) atoms. The van der Waals surface area contributed by atoms with Crippen molar-refractivity contribution in [1.29, 1.82) is 0 Å². The Balaban J connectivity index is 2.27. The van der Waals surface area contributed by atoms with E-state index in [1.807, 2.05) is 12.3 Å². The van der Waals surface area contributed by atoms with E-state index in [1.54, 1.807) is 0 Å². The minimum Gasteiger partial charge on any atom is -0.481 e. The summed E-state index contributed by atoms with van der Waals surface area (Å²) in [4.78, 5) is 25.5. The van der Waals surface area contributed by atoms with Gasteiger partial charge in [-0.3, -0.25) is 9.59 Å². The molecule has 1 aromatic heterocycles. The number of rotatable bonds is 5. The van der Waals surface area contributed by atoms with E-state index in [9.17, 15) is 9.59 Å². The highest BCUT2D eigenvalue weighted by Gasteiger charge is 2.06. The lowest BCUT2D eigenvalue weighted by atomic mass is 10.2. The predicted octanol–water partition coefficient (Wildman–Crippen LogP) is 1.64. The topological polar surface area (TPSA) is 79.3 Å². The first-order valence-electron chi connectivity index (χ1n) is 4.51. The highest BCUT2D eigenvalue weighted by molar-refractivity contribution is 7.13. The molecule has 82 valence electrons. The van der Waals surface area contributed by atoms with Crippen LogP contribution in [0.3, 0.4) is 0 Å². The van der Waals surface area contributed by atoms with E-state index in [0.717, 1.165) is 5.69 Å². The zero-order valence-electron chi connectivity index (χ0n) is 8.32. The van der Waals surface area contributed by atoms with Crippen LogP contribution in [0.25, 0.3) is 0 Å². The average molecular weight is 228 g/mol. The summed E-state index contributed by atoms with van der Waals surface area (Å²) in [5, 5.41) is 13.4. The number of carbonyl (C=O) groups is 2. The Labute approximate surface area is 91.1 Å². The van der Waals surface area contributed by atoms with Crippen molar-refractivity contribution in [3.05, 3.63) is 11.1 Å². The number of carbonyl (C=O) groups excluding carboxylic acids is 1. The summed E-state index contributed by atoms with van der Waals surface area (Å²) in [6.07, 6.45) is 0.584. The summed E-state index contributed by atoms with van der Waals surface area (Å²) < 4.78 is 0. The van der Waals surface area contributed by atoms with Gasteiger partial charge in [0.15, 0.2) is 5.13 Å². The van der Waals surface area contributed by atoms with Gasteiger partial charge in [-0.25, -0.2) is 4.98 Å². The standard InChI is InChI=1S/C9H12N2O3S/c1-6-5-15-9(10-6)11-7(12)3-2-4-8(13)14/h5H,2-4H2,1H3,(H,13,14)(H,10,11,12). The normalized spacial score (nSPS) is 9.93. The van der Waals surface area contributed by atoms with E-state index in [4.69, 9.17) is 5.11 Å². The Hall–Kier alpha value is -1.43. The Morgan fingerprint density at radius 1 is 1.53 bits per heavy atom. The molecule has 0 aliphatic rings. The van der Waals surface area contributed by atoms with Crippen LogP contribution in [0.5, 0.6) is 0 Å². The molecule has 0 saturated carbocycles. The van der Waals surface area contributed by atoms with E-state index in [-0.39, 0.29) is 18.7 Å². The number of aliphatic carboxylic acids is 1. The minimum absolute atomic E-state index is 0.0182. The number of carboxylic acid groups (broad SMARTS) is 1. The van der Waals surface area contributed by atoms with E-state index in [2.05, 4.69) is 10.3 Å². The molecule has 0 aromatic carbocycles. The molecule has 6 heteroatoms. The molecule has 1 amide bonds. The molecule has 0 bridgehead atoms. The summed E-state index contributed by atoms with van der Waals surface area (Å²) in [6.45, 7) is 1.84. The second kappa shape index (κ2) is 5.45. The second-order valence-electron chi connectivity index (χ2n) is 3.09. The highest BCUT2D eigenvalue weighted by atomic mass is 32.1. The fraction of sp³-hybridized carbons (Fsp3) is 0.444. The molecule has 0 radical (unpaired) electrons. The molecule has 1 aromatic rings. The van der Waals surface area contributed by atoms with Crippen LogP contribution in [-0.2, 0) is 9.59 Å². The third-order valence-corrected chi connectivity index (χ3v) is 2.54. The molecule has 0 fully saturated rings. The van der Waals surface area contributed by atoms with Crippen molar-refractivity contribution < 1.29 is 14.7 Å². The van der Waals surface area contributed by atoms with Gasteiger partial charge in [-0.1, -0.05) is 0 Å². The van der Waals surface area contributed by atoms with Crippen molar-refractivity contribution in [2.45, 2.75) is 26.2 Å². The van der Waals surface area contributed by atoms with Crippen LogP contribution >= 0.6 is 11.3 Å². The van der Waals surface area contributed by atoms with Crippen LogP contribution in [0.1, 0.15) is 25.0 Å². The van der Waals surface area contributed by atoms with E-state index in [0.29, 0.717) is 11.6 Å². The molecule has 5 nitrogen and oxygen atoms in total. The van der Waals surface area contributed by atoms with Gasteiger partial charge in [-0.05, 0) is 13.3 Å². The van der Waals surface area contributed by atoms with Crippen LogP contribution in [-0.4, -0.2) is 22.0 Å². The van der Waals surface area contributed by atoms with Crippen molar-refractivity contribution in [3.8, 4) is 0 Å². The fourth-order valence-electron chi connectivity index (χ4n) is 0.993. The Morgan fingerprint density at radius 2 is 2.27 bits per heavy atom. The number of hydrogen-bond acceptors (Lipinski definition) is 4. The van der Waals surface area contributed by atoms with Gasteiger partial charge in [0.05, 0.1) is 5.69 Å². The smallest absolute Gasteiger partial charge is 0.303 e. The van der Waals surface area contributed by atoms with Gasteiger partial charge in [0.1, 0.15) is 0 Å². The maximum atomic E-state index is 11.3. The lowest BCUT2D eigenvalue weighted by molar-refractivity contribution is -0.137. The number of amides is 1. The molecule has 0 aliphatic heterocycles. The Morgan fingerprint density at radius 3 is 2.80 bits per heavy atom. The number of nitrogens with one attached hydrogen (secondary N) is 1. The molecule has 0 spiro atoms. The van der Waals surface area contributed by atoms with Crippen LogP contribution in [0.4, 0.5) is 5.13 Å². The summed E-state index contributed by atoms with van der Waals surface area (Å²) in [5.74, 6) is -1.07. The maximum Gasteiger partial charge on any atom is 0.303 e. The van der Waals surface area contributed by atoms with Crippen molar-refractivity contribution in [1.82, 2.24) is 4.98 Å². The zero-order chi connectivity index (χ0) is 11.3. The highest BCUT2D eigenvalue weighted by Crippen LogP contribution is 2.14. The first kappa shape index (κ1) is 11.6. The van der Waals surface area contributed by atoms with Gasteiger partial charge in [0.25, 0.3) is 0 Å². The quantitative estimate of drug-likeness (QED) is 0.803. The van der Waals surface area contributed by atoms with Gasteiger partial charge < -0.3 is 10.4 Å². The van der Waals surface area contributed by atoms with Gasteiger partial charge >= 0.3 is 5.97 Å². The summed E-state index contributed by atoms with van der Waals surface area (Å²) in [6, 6.07) is 0. The SMILES string of the molecule is Cc1csc(NC(=O)CCCC(=O)O)n1. The number of carboxylic acids is 1. The molecule has 0 aliphatic carbocycles. The third kappa shape index (κ3) is 4.55. The van der Waals surface area contributed by atoms with Crippen LogP contribution < -0.4 is 5.32 Å². The predicted molar refractivity (Wildman–Crippen MR) is 57.0 cm³/mol. The number of nitrogens with zero attached hydrogens (tertiary/aromatic N) is 1. The average Bonchev–Trinajstić information content (AvgIpc) is 2.50. The molecule has 1 rings (SSSR count). The zero-order valence-corrected chi connectivity index (χ0v) is 9.13. The van der Waals surface area contributed by atoms with Gasteiger partial charge in [0, 0.05) is 18.2 Å². The van der Waals surface area contributed by atoms with E-state index >= 15 is 0 Å². The number of aryl methyl sites for hydroxylation is 1. The van der Waals surface area contributed by atoms with Crippen LogP contribution in [0, 0.1) is 6.92 Å². The van der Waals surface area contributed by atoms with Crippen LogP contribution in [0.15, 0.2) is 5.38 Å². The Kier molecular flexibility index (Phi) is 4.23. The fourth-order valence-corrected chi connectivity index (χ4v) is 1.70. The second-order valence-corrected chi connectivity index (χ2v) is 3.95. The Bertz CT molecular complexity index is 362. The molecule has 0 unspecified atom stereocenters. The molecule has 0 saturated heterocycles. The lowest BCUT2D eigenvalue weighted by Crippen LogP contribution is -2.11. The number of anilines is 1. The first-order valence-corrected chi connectivity index (χ1v) is 5.39. The van der Waals surface area contributed by atoms with Crippen molar-refractivity contribution in [2.75, 3.05) is 5.32 Å². The number of aromatic nitrogens is 1. The van der Waals surface area contributed by atoms with E-state index in [1.165, 1.54) is 11.3 Å². The molecule has 1 heterocycles. The molecule has 2 N–H and O–H groups in total. The number of thiazole rings is 1. The molecular weight excluding hydrogens is 216 g/mol.